The number of rotatable bonds is 3. The number of hydrogen-bond donors (Lipinski definition) is 1. The number of carbonyl (C=O) groups is 1. The van der Waals surface area contributed by atoms with Crippen molar-refractivity contribution in [3.05, 3.63) is 52.6 Å². The van der Waals surface area contributed by atoms with E-state index in [-0.39, 0.29) is 17.3 Å². The molecule has 0 unspecified atom stereocenters. The van der Waals surface area contributed by atoms with Crippen LogP contribution in [-0.4, -0.2) is 30.8 Å². The first-order chi connectivity index (χ1) is 15.3. The maximum atomic E-state index is 12.4. The van der Waals surface area contributed by atoms with Gasteiger partial charge in [-0.25, -0.2) is 0 Å². The summed E-state index contributed by atoms with van der Waals surface area (Å²) >= 11 is 0. The fourth-order valence-corrected chi connectivity index (χ4v) is 7.67. The largest absolute Gasteiger partial charge is 0.411 e. The Hall–Kier alpha value is -2.36. The zero-order chi connectivity index (χ0) is 22.6. The van der Waals surface area contributed by atoms with E-state index in [0.29, 0.717) is 17.6 Å². The average molecular weight is 433 g/mol. The lowest BCUT2D eigenvalue weighted by molar-refractivity contribution is -0.125. The Morgan fingerprint density at radius 3 is 2.53 bits per heavy atom. The molecule has 0 spiro atoms. The van der Waals surface area contributed by atoms with Gasteiger partial charge < -0.3 is 10.1 Å². The summed E-state index contributed by atoms with van der Waals surface area (Å²) < 4.78 is 0. The van der Waals surface area contributed by atoms with Gasteiger partial charge in [-0.2, -0.15) is 0 Å². The molecule has 1 aromatic rings. The number of ketones is 1. The number of oxime groups is 1. The third kappa shape index (κ3) is 3.25. The minimum atomic E-state index is 0.164. The fraction of sp³-hybridized carbons (Fsp3) is 0.571. The molecule has 4 aliphatic rings. The highest BCUT2D eigenvalue weighted by molar-refractivity contribution is 5.98. The van der Waals surface area contributed by atoms with Crippen LogP contribution >= 0.6 is 0 Å². The number of anilines is 1. The number of allylic oxidation sites excluding steroid dienone is 4. The number of nitrogens with zero attached hydrogens (tertiary/aromatic N) is 2. The van der Waals surface area contributed by atoms with Gasteiger partial charge in [0, 0.05) is 38.0 Å². The first-order valence-electron chi connectivity index (χ1n) is 12.3. The van der Waals surface area contributed by atoms with Crippen molar-refractivity contribution in [1.82, 2.24) is 0 Å². The Labute approximate surface area is 192 Å². The zero-order valence-electron chi connectivity index (χ0n) is 19.9. The summed E-state index contributed by atoms with van der Waals surface area (Å²) in [4.78, 5) is 14.5. The quantitative estimate of drug-likeness (QED) is 0.462. The van der Waals surface area contributed by atoms with E-state index in [2.05, 4.69) is 61.4 Å². The monoisotopic (exact) mass is 432 g/mol. The molecule has 0 amide bonds. The van der Waals surface area contributed by atoms with Gasteiger partial charge in [0.2, 0.25) is 0 Å². The van der Waals surface area contributed by atoms with Gasteiger partial charge in [-0.05, 0) is 97.6 Å². The lowest BCUT2D eigenvalue weighted by Gasteiger charge is -2.50. The van der Waals surface area contributed by atoms with Crippen LogP contribution in [0.4, 0.5) is 5.69 Å². The number of fused-ring (bicyclic) bond motifs is 4. The van der Waals surface area contributed by atoms with Crippen molar-refractivity contribution in [3.8, 4) is 0 Å². The maximum Gasteiger partial charge on any atom is 0.133 e. The van der Waals surface area contributed by atoms with Crippen molar-refractivity contribution in [3.63, 3.8) is 0 Å². The third-order valence-corrected chi connectivity index (χ3v) is 9.23. The molecule has 2 fully saturated rings. The Balaban J connectivity index is 1.58. The summed E-state index contributed by atoms with van der Waals surface area (Å²) in [5.74, 6) is 2.11. The Morgan fingerprint density at radius 2 is 1.88 bits per heavy atom. The van der Waals surface area contributed by atoms with E-state index >= 15 is 0 Å². The standard InChI is InChI=1S/C28H36N2O2/c1-17(31)25-11-12-26-22-10-7-19-15-20(29-32)16-24(18-5-8-21(9-6-18)30(3)4)27(19)23(22)13-14-28(25,26)2/h5-6,8-9,15,22,24-26,32H,7,10-14,16H2,1-4H3/b29-20+/t22-,24+,25-,26+,28-/m1/s1. The molecule has 32 heavy (non-hydrogen) atoms. The molecule has 5 rings (SSSR count). The first-order valence-corrected chi connectivity index (χ1v) is 12.3. The highest BCUT2D eigenvalue weighted by atomic mass is 16.4. The van der Waals surface area contributed by atoms with Gasteiger partial charge in [-0.15, -0.1) is 0 Å². The lowest BCUT2D eigenvalue weighted by Crippen LogP contribution is -2.42. The Morgan fingerprint density at radius 1 is 1.12 bits per heavy atom. The molecule has 5 atom stereocenters. The van der Waals surface area contributed by atoms with E-state index in [0.717, 1.165) is 37.8 Å². The molecule has 1 N–H and O–H groups in total. The second-order valence-corrected chi connectivity index (χ2v) is 10.9. The van der Waals surface area contributed by atoms with Crippen LogP contribution in [-0.2, 0) is 4.79 Å². The third-order valence-electron chi connectivity index (χ3n) is 9.23. The molecular formula is C28H36N2O2. The second-order valence-electron chi connectivity index (χ2n) is 10.9. The molecule has 0 heterocycles. The maximum absolute atomic E-state index is 12.4. The molecule has 4 nitrogen and oxygen atoms in total. The summed E-state index contributed by atoms with van der Waals surface area (Å²) in [5.41, 5.74) is 8.02. The minimum absolute atomic E-state index is 0.164. The van der Waals surface area contributed by atoms with E-state index < -0.39 is 0 Å². The van der Waals surface area contributed by atoms with Crippen LogP contribution in [0.15, 0.2) is 52.2 Å². The molecule has 170 valence electrons. The SMILES string of the molecule is CC(=O)[C@H]1CC[C@H]2[C@@H]3CCC4=C/C(=N\O)C[C@@H](c5ccc(N(C)C)cc5)C4=C3CC[C@]12C. The van der Waals surface area contributed by atoms with Crippen LogP contribution in [0.25, 0.3) is 0 Å². The van der Waals surface area contributed by atoms with Gasteiger partial charge in [0.15, 0.2) is 0 Å². The van der Waals surface area contributed by atoms with E-state index in [1.807, 2.05) is 0 Å². The predicted octanol–water partition coefficient (Wildman–Crippen LogP) is 6.12. The van der Waals surface area contributed by atoms with Crippen LogP contribution in [0.1, 0.15) is 70.3 Å². The first kappa shape index (κ1) is 21.5. The average Bonchev–Trinajstić information content (AvgIpc) is 3.15. The highest BCUT2D eigenvalue weighted by Crippen LogP contribution is 2.63. The van der Waals surface area contributed by atoms with Gasteiger partial charge in [0.1, 0.15) is 5.78 Å². The van der Waals surface area contributed by atoms with E-state index in [1.165, 1.54) is 35.2 Å². The van der Waals surface area contributed by atoms with Gasteiger partial charge in [-0.3, -0.25) is 4.79 Å². The topological polar surface area (TPSA) is 52.9 Å². The lowest BCUT2D eigenvalue weighted by atomic mass is 9.54. The summed E-state index contributed by atoms with van der Waals surface area (Å²) in [5, 5.41) is 13.3. The van der Waals surface area contributed by atoms with E-state index in [1.54, 1.807) is 12.5 Å². The zero-order valence-corrected chi connectivity index (χ0v) is 19.9. The smallest absolute Gasteiger partial charge is 0.133 e. The van der Waals surface area contributed by atoms with Crippen LogP contribution in [0.2, 0.25) is 0 Å². The summed E-state index contributed by atoms with van der Waals surface area (Å²) in [6.07, 6.45) is 9.59. The number of Topliss-reactive ketones (excluding diaryl/α,β-unsaturated/α-hetero) is 1. The van der Waals surface area contributed by atoms with Crippen molar-refractivity contribution >= 4 is 17.2 Å². The predicted molar refractivity (Wildman–Crippen MR) is 129 cm³/mol. The van der Waals surface area contributed by atoms with Crippen molar-refractivity contribution < 1.29 is 10.0 Å². The molecule has 2 saturated carbocycles. The van der Waals surface area contributed by atoms with Crippen molar-refractivity contribution in [2.45, 2.75) is 64.7 Å². The molecule has 0 aromatic heterocycles. The van der Waals surface area contributed by atoms with Crippen molar-refractivity contribution in [2.24, 2.45) is 28.3 Å². The molecule has 4 heteroatoms. The van der Waals surface area contributed by atoms with Crippen LogP contribution in [0.3, 0.4) is 0 Å². The minimum Gasteiger partial charge on any atom is -0.411 e. The molecular weight excluding hydrogens is 396 g/mol. The van der Waals surface area contributed by atoms with E-state index in [4.69, 9.17) is 0 Å². The summed E-state index contributed by atoms with van der Waals surface area (Å²) in [6, 6.07) is 8.90. The molecule has 0 aliphatic heterocycles. The van der Waals surface area contributed by atoms with Crippen molar-refractivity contribution in [2.75, 3.05) is 19.0 Å². The Kier molecular flexibility index (Phi) is 5.30. The van der Waals surface area contributed by atoms with Gasteiger partial charge in [-0.1, -0.05) is 29.8 Å². The molecule has 0 saturated heterocycles. The van der Waals surface area contributed by atoms with Gasteiger partial charge in [0.25, 0.3) is 0 Å². The van der Waals surface area contributed by atoms with Gasteiger partial charge in [0.05, 0.1) is 5.71 Å². The van der Waals surface area contributed by atoms with Crippen molar-refractivity contribution in [1.29, 1.82) is 0 Å². The Bertz CT molecular complexity index is 1020. The normalized spacial score (nSPS) is 35.1. The second kappa shape index (κ2) is 7.90. The molecule has 1 aromatic carbocycles. The molecule has 4 aliphatic carbocycles. The number of benzene rings is 1. The van der Waals surface area contributed by atoms with Crippen LogP contribution < -0.4 is 4.90 Å². The van der Waals surface area contributed by atoms with E-state index in [9.17, 15) is 10.0 Å². The van der Waals surface area contributed by atoms with Crippen LogP contribution in [0.5, 0.6) is 0 Å². The molecule has 0 bridgehead atoms. The fourth-order valence-electron chi connectivity index (χ4n) is 7.67. The number of carbonyl (C=O) groups excluding carboxylic acids is 1. The van der Waals surface area contributed by atoms with Crippen LogP contribution in [0, 0.1) is 23.2 Å². The summed E-state index contributed by atoms with van der Waals surface area (Å²) in [7, 11) is 4.14. The highest BCUT2D eigenvalue weighted by Gasteiger charge is 2.55. The van der Waals surface area contributed by atoms with Gasteiger partial charge >= 0.3 is 0 Å². The summed E-state index contributed by atoms with van der Waals surface area (Å²) in [6.45, 7) is 4.21. The molecule has 0 radical (unpaired) electrons. The number of hydrogen-bond acceptors (Lipinski definition) is 4.